The zero-order valence-electron chi connectivity index (χ0n) is 12.2. The quantitative estimate of drug-likeness (QED) is 0.793. The zero-order chi connectivity index (χ0) is 14.8. The fraction of sp³-hybridized carbons (Fsp3) is 0.500. The molecule has 0 aromatic heterocycles. The van der Waals surface area contributed by atoms with E-state index in [0.717, 1.165) is 17.7 Å². The van der Waals surface area contributed by atoms with Crippen molar-refractivity contribution in [1.82, 2.24) is 5.32 Å². The number of nitrogens with one attached hydrogen (secondary N) is 1. The topological polar surface area (TPSA) is 62.1 Å². The number of nitrogens with zero attached hydrogens (tertiary/aromatic N) is 1. The summed E-state index contributed by atoms with van der Waals surface area (Å²) in [5.74, 6) is 0.770. The van der Waals surface area contributed by atoms with Crippen LogP contribution in [0.5, 0.6) is 5.75 Å². The maximum absolute atomic E-state index is 11.7. The maximum atomic E-state index is 11.7. The lowest BCUT2D eigenvalue weighted by atomic mass is 10.1. The van der Waals surface area contributed by atoms with Gasteiger partial charge in [-0.2, -0.15) is 5.26 Å². The summed E-state index contributed by atoms with van der Waals surface area (Å²) in [7, 11) is 0. The normalized spacial score (nSPS) is 11.4. The van der Waals surface area contributed by atoms with E-state index in [2.05, 4.69) is 11.4 Å². The van der Waals surface area contributed by atoms with Gasteiger partial charge in [0, 0.05) is 6.42 Å². The molecule has 4 heteroatoms. The van der Waals surface area contributed by atoms with Crippen molar-refractivity contribution < 1.29 is 9.53 Å². The summed E-state index contributed by atoms with van der Waals surface area (Å²) in [5.41, 5.74) is 1.09. The summed E-state index contributed by atoms with van der Waals surface area (Å²) in [4.78, 5) is 11.7. The number of amides is 1. The van der Waals surface area contributed by atoms with E-state index in [1.54, 1.807) is 0 Å². The standard InChI is InChI=1S/C16H22N2O2/c1-3-5-14(12-17)18-16(19)11-8-13-6-9-15(10-7-13)20-4-2/h6-7,9-10,14H,3-5,8,11H2,1-2H3,(H,18,19)/t14-/m0/s1. The van der Waals surface area contributed by atoms with Gasteiger partial charge in [-0.15, -0.1) is 0 Å². The predicted molar refractivity (Wildman–Crippen MR) is 78.4 cm³/mol. The molecular weight excluding hydrogens is 252 g/mol. The molecule has 0 spiro atoms. The molecule has 1 aromatic carbocycles. The van der Waals surface area contributed by atoms with E-state index in [1.165, 1.54) is 0 Å². The van der Waals surface area contributed by atoms with Gasteiger partial charge in [0.1, 0.15) is 11.8 Å². The van der Waals surface area contributed by atoms with E-state index >= 15 is 0 Å². The van der Waals surface area contributed by atoms with E-state index in [4.69, 9.17) is 10.00 Å². The van der Waals surface area contributed by atoms with E-state index in [1.807, 2.05) is 38.1 Å². The Morgan fingerprint density at radius 3 is 2.60 bits per heavy atom. The van der Waals surface area contributed by atoms with Gasteiger partial charge in [0.25, 0.3) is 0 Å². The summed E-state index contributed by atoms with van der Waals surface area (Å²) in [6.45, 7) is 4.59. The third kappa shape index (κ3) is 5.75. The first kappa shape index (κ1) is 16.0. The van der Waals surface area contributed by atoms with Gasteiger partial charge in [0.05, 0.1) is 12.7 Å². The molecule has 0 saturated heterocycles. The maximum Gasteiger partial charge on any atom is 0.221 e. The Morgan fingerprint density at radius 2 is 2.05 bits per heavy atom. The molecule has 0 unspecified atom stereocenters. The summed E-state index contributed by atoms with van der Waals surface area (Å²) in [6, 6.07) is 9.48. The van der Waals surface area contributed by atoms with Gasteiger partial charge in [-0.25, -0.2) is 0 Å². The fourth-order valence-electron chi connectivity index (χ4n) is 1.90. The van der Waals surface area contributed by atoms with Gasteiger partial charge in [0.2, 0.25) is 5.91 Å². The summed E-state index contributed by atoms with van der Waals surface area (Å²) < 4.78 is 5.37. The summed E-state index contributed by atoms with van der Waals surface area (Å²) >= 11 is 0. The van der Waals surface area contributed by atoms with Crippen molar-refractivity contribution in [3.05, 3.63) is 29.8 Å². The molecule has 1 atom stereocenters. The Balaban J connectivity index is 2.38. The molecule has 0 aliphatic carbocycles. The second-order valence-electron chi connectivity index (χ2n) is 4.61. The highest BCUT2D eigenvalue weighted by Crippen LogP contribution is 2.13. The number of carbonyl (C=O) groups excluding carboxylic acids is 1. The molecule has 108 valence electrons. The van der Waals surface area contributed by atoms with E-state index < -0.39 is 0 Å². The van der Waals surface area contributed by atoms with Crippen LogP contribution in [0.15, 0.2) is 24.3 Å². The van der Waals surface area contributed by atoms with Crippen LogP contribution in [0.2, 0.25) is 0 Å². The van der Waals surface area contributed by atoms with Crippen LogP contribution in [0.3, 0.4) is 0 Å². The first-order valence-corrected chi connectivity index (χ1v) is 7.10. The van der Waals surface area contributed by atoms with Crippen LogP contribution < -0.4 is 10.1 Å². The molecular formula is C16H22N2O2. The fourth-order valence-corrected chi connectivity index (χ4v) is 1.90. The van der Waals surface area contributed by atoms with Gasteiger partial charge in [-0.1, -0.05) is 25.5 Å². The summed E-state index contributed by atoms with van der Waals surface area (Å²) in [6.07, 6.45) is 2.65. The number of nitriles is 1. The van der Waals surface area contributed by atoms with Crippen molar-refractivity contribution in [2.75, 3.05) is 6.61 Å². The van der Waals surface area contributed by atoms with Gasteiger partial charge in [-0.3, -0.25) is 4.79 Å². The van der Waals surface area contributed by atoms with Crippen LogP contribution >= 0.6 is 0 Å². The van der Waals surface area contributed by atoms with Gasteiger partial charge in [-0.05, 0) is 37.5 Å². The Kier molecular flexibility index (Phi) is 7.20. The number of ether oxygens (including phenoxy) is 1. The zero-order valence-corrected chi connectivity index (χ0v) is 12.2. The van der Waals surface area contributed by atoms with Crippen LogP contribution in [0.25, 0.3) is 0 Å². The van der Waals surface area contributed by atoms with Gasteiger partial charge in [0.15, 0.2) is 0 Å². The van der Waals surface area contributed by atoms with Crippen LogP contribution in [-0.4, -0.2) is 18.6 Å². The smallest absolute Gasteiger partial charge is 0.221 e. The molecule has 0 heterocycles. The van der Waals surface area contributed by atoms with Crippen molar-refractivity contribution in [2.45, 2.75) is 45.6 Å². The van der Waals surface area contributed by atoms with Crippen LogP contribution in [0, 0.1) is 11.3 Å². The van der Waals surface area contributed by atoms with Crippen molar-refractivity contribution >= 4 is 5.91 Å². The van der Waals surface area contributed by atoms with Crippen molar-refractivity contribution in [3.63, 3.8) is 0 Å². The number of hydrogen-bond acceptors (Lipinski definition) is 3. The lowest BCUT2D eigenvalue weighted by Gasteiger charge is -2.10. The second-order valence-corrected chi connectivity index (χ2v) is 4.61. The highest BCUT2D eigenvalue weighted by Gasteiger charge is 2.10. The number of rotatable bonds is 8. The largest absolute Gasteiger partial charge is 0.494 e. The Hall–Kier alpha value is -2.02. The summed E-state index contributed by atoms with van der Waals surface area (Å²) in [5, 5.41) is 11.6. The van der Waals surface area contributed by atoms with Gasteiger partial charge < -0.3 is 10.1 Å². The van der Waals surface area contributed by atoms with Crippen LogP contribution in [0.1, 0.15) is 38.7 Å². The average Bonchev–Trinajstić information content (AvgIpc) is 2.46. The van der Waals surface area contributed by atoms with Gasteiger partial charge >= 0.3 is 0 Å². The second kappa shape index (κ2) is 8.98. The molecule has 0 radical (unpaired) electrons. The number of hydrogen-bond donors (Lipinski definition) is 1. The molecule has 1 amide bonds. The number of benzene rings is 1. The number of aryl methyl sites for hydroxylation is 1. The first-order chi connectivity index (χ1) is 9.69. The monoisotopic (exact) mass is 274 g/mol. The minimum atomic E-state index is -0.368. The lowest BCUT2D eigenvalue weighted by molar-refractivity contribution is -0.121. The molecule has 0 fully saturated rings. The van der Waals surface area contributed by atoms with Crippen molar-refractivity contribution in [2.24, 2.45) is 0 Å². The molecule has 20 heavy (non-hydrogen) atoms. The molecule has 4 nitrogen and oxygen atoms in total. The first-order valence-electron chi connectivity index (χ1n) is 7.10. The minimum absolute atomic E-state index is 0.0705. The Morgan fingerprint density at radius 1 is 1.35 bits per heavy atom. The van der Waals surface area contributed by atoms with Crippen LogP contribution in [-0.2, 0) is 11.2 Å². The van der Waals surface area contributed by atoms with E-state index in [0.29, 0.717) is 25.9 Å². The molecule has 0 bridgehead atoms. The third-order valence-electron chi connectivity index (χ3n) is 2.94. The Bertz CT molecular complexity index is 449. The Labute approximate surface area is 120 Å². The van der Waals surface area contributed by atoms with Crippen molar-refractivity contribution in [1.29, 1.82) is 5.26 Å². The molecule has 0 aliphatic heterocycles. The third-order valence-corrected chi connectivity index (χ3v) is 2.94. The van der Waals surface area contributed by atoms with E-state index in [-0.39, 0.29) is 11.9 Å². The molecule has 1 aromatic rings. The molecule has 0 saturated carbocycles. The predicted octanol–water partition coefficient (Wildman–Crippen LogP) is 2.83. The lowest BCUT2D eigenvalue weighted by Crippen LogP contribution is -2.33. The molecule has 0 aliphatic rings. The highest BCUT2D eigenvalue weighted by atomic mass is 16.5. The molecule has 1 N–H and O–H groups in total. The van der Waals surface area contributed by atoms with Crippen molar-refractivity contribution in [3.8, 4) is 11.8 Å². The molecule has 1 rings (SSSR count). The SMILES string of the molecule is CCC[C@@H](C#N)NC(=O)CCc1ccc(OCC)cc1. The highest BCUT2D eigenvalue weighted by molar-refractivity contribution is 5.76. The van der Waals surface area contributed by atoms with E-state index in [9.17, 15) is 4.79 Å². The van der Waals surface area contributed by atoms with Crippen LogP contribution in [0.4, 0.5) is 0 Å². The minimum Gasteiger partial charge on any atom is -0.494 e. The average molecular weight is 274 g/mol. The number of carbonyl (C=O) groups is 1.